The number of methoxy groups -OCH3 is 1. The fourth-order valence-electron chi connectivity index (χ4n) is 9.21. The lowest BCUT2D eigenvalue weighted by molar-refractivity contribution is -0.136. The summed E-state index contributed by atoms with van der Waals surface area (Å²) in [7, 11) is -3.12. The van der Waals surface area contributed by atoms with Crippen LogP contribution < -0.4 is 19.8 Å². The zero-order valence-electron chi connectivity index (χ0n) is 38.0. The van der Waals surface area contributed by atoms with E-state index in [1.807, 2.05) is 17.2 Å². The van der Waals surface area contributed by atoms with Gasteiger partial charge >= 0.3 is 0 Å². The first-order chi connectivity index (χ1) is 28.2. The average molecular weight is 850 g/mol. The van der Waals surface area contributed by atoms with Crippen molar-refractivity contribution in [2.75, 3.05) is 26.9 Å². The van der Waals surface area contributed by atoms with E-state index in [1.54, 1.807) is 7.11 Å². The second kappa shape index (κ2) is 16.3. The third kappa shape index (κ3) is 7.91. The van der Waals surface area contributed by atoms with E-state index in [0.29, 0.717) is 50.0 Å². The van der Waals surface area contributed by atoms with Gasteiger partial charge in [0.05, 0.1) is 19.2 Å². The van der Waals surface area contributed by atoms with Crippen molar-refractivity contribution in [2.24, 2.45) is 4.99 Å². The molecule has 4 heterocycles. The second-order valence-electron chi connectivity index (χ2n) is 20.2. The van der Waals surface area contributed by atoms with Gasteiger partial charge in [-0.25, -0.2) is 4.99 Å². The van der Waals surface area contributed by atoms with Crippen molar-refractivity contribution in [3.05, 3.63) is 96.2 Å². The van der Waals surface area contributed by atoms with E-state index < -0.39 is 33.8 Å². The lowest BCUT2D eigenvalue weighted by Gasteiger charge is -2.43. The molecule has 3 atom stereocenters. The molecule has 3 aliphatic rings. The summed E-state index contributed by atoms with van der Waals surface area (Å²) in [5, 5.41) is 3.42. The number of H-pyrrole nitrogens is 1. The first kappa shape index (κ1) is 43.9. The molecule has 1 unspecified atom stereocenters. The van der Waals surface area contributed by atoms with Gasteiger partial charge in [0.15, 0.2) is 19.8 Å². The highest BCUT2D eigenvalue weighted by Crippen LogP contribution is 2.45. The maximum atomic E-state index is 14.5. The Hall–Kier alpha value is -4.17. The predicted octanol–water partition coefficient (Wildman–Crippen LogP) is 9.35. The summed E-state index contributed by atoms with van der Waals surface area (Å²) < 4.78 is 33.4. The topological polar surface area (TPSA) is 94.6 Å². The van der Waals surface area contributed by atoms with Crippen LogP contribution >= 0.6 is 0 Å². The Morgan fingerprint density at radius 1 is 0.967 bits per heavy atom. The number of carbonyl (C=O) groups excluding carboxylic acids is 1. The van der Waals surface area contributed by atoms with E-state index in [1.165, 1.54) is 10.4 Å². The highest BCUT2D eigenvalue weighted by molar-refractivity contribution is 6.99. The minimum Gasteiger partial charge on any atom is -0.485 e. The highest BCUT2D eigenvalue weighted by Gasteiger charge is 2.54. The number of amides is 1. The van der Waals surface area contributed by atoms with E-state index in [9.17, 15) is 4.79 Å². The normalized spacial score (nSPS) is 22.4. The Kier molecular flexibility index (Phi) is 11.9. The van der Waals surface area contributed by atoms with E-state index >= 15 is 0 Å². The Bertz CT molecular complexity index is 2200. The quantitative estimate of drug-likeness (QED) is 0.120. The summed E-state index contributed by atoms with van der Waals surface area (Å²) in [6.07, 6.45) is 6.71. The van der Waals surface area contributed by atoms with Gasteiger partial charge in [-0.2, -0.15) is 0 Å². The molecule has 1 fully saturated rings. The minimum atomic E-state index is -2.71. The van der Waals surface area contributed by atoms with E-state index in [4.69, 9.17) is 28.1 Å². The first-order valence-electron chi connectivity index (χ1n) is 21.7. The SMILES string of the molecule is COC1=N[C@H](Cc2c[nH]c3c4c(ccc23)OC(C)(C)C(O[Si](C)(C)C(C)(C)C)CO4)C(=O)N2CCC[C@@]12C/C=C(\C)CO[Si](c1ccccc1)(c1ccccc1)C(C)(C)C. The van der Waals surface area contributed by atoms with Crippen LogP contribution in [-0.2, 0) is 24.8 Å². The van der Waals surface area contributed by atoms with Crippen LogP contribution in [0.1, 0.15) is 87.1 Å². The van der Waals surface area contributed by atoms with Gasteiger partial charge in [0.25, 0.3) is 8.32 Å². The lowest BCUT2D eigenvalue weighted by Crippen LogP contribution is -2.66. The molecule has 4 aromatic rings. The van der Waals surface area contributed by atoms with Gasteiger partial charge in [-0.1, -0.05) is 114 Å². The number of carbonyl (C=O) groups is 1. The number of nitrogens with zero attached hydrogens (tertiary/aromatic N) is 2. The van der Waals surface area contributed by atoms with Gasteiger partial charge in [-0.15, -0.1) is 0 Å². The Morgan fingerprint density at radius 2 is 1.62 bits per heavy atom. The standard InChI is InChI=1S/C49H67N3O6Si2/c1-34(32-56-60(47(5,6)7,36-20-15-13-16-21-36)37-22-17-14-18-23-37)26-28-49-27-19-29-52(49)44(53)39(51-45(49)54-10)30-35-31-50-42-38(35)24-25-40-43(42)55-33-41(48(8,9)57-40)58-59(11,12)46(2,3)4/h13-18,20-26,31,39,41,50H,19,27-30,32-33H2,1-12H3/b34-26+/t39-,41?,49-/m1/s1. The molecule has 1 amide bonds. The number of rotatable bonds is 11. The van der Waals surface area contributed by atoms with Crippen LogP contribution in [-0.4, -0.2) is 88.5 Å². The third-order valence-corrected chi connectivity index (χ3v) is 23.1. The maximum Gasteiger partial charge on any atom is 0.261 e. The Labute approximate surface area is 360 Å². The number of hydrogen-bond acceptors (Lipinski definition) is 7. The smallest absolute Gasteiger partial charge is 0.261 e. The van der Waals surface area contributed by atoms with Crippen LogP contribution in [0, 0.1) is 0 Å². The van der Waals surface area contributed by atoms with Crippen molar-refractivity contribution in [3.8, 4) is 11.5 Å². The molecule has 0 radical (unpaired) electrons. The Morgan fingerprint density at radius 3 is 2.22 bits per heavy atom. The molecule has 11 heteroatoms. The molecule has 1 saturated heterocycles. The van der Waals surface area contributed by atoms with Crippen molar-refractivity contribution in [1.82, 2.24) is 9.88 Å². The summed E-state index contributed by atoms with van der Waals surface area (Å²) in [5.74, 6) is 2.02. The van der Waals surface area contributed by atoms with Gasteiger partial charge < -0.3 is 32.9 Å². The van der Waals surface area contributed by atoms with Gasteiger partial charge in [0.1, 0.15) is 29.9 Å². The van der Waals surface area contributed by atoms with E-state index in [0.717, 1.165) is 34.9 Å². The average Bonchev–Trinajstić information content (AvgIpc) is 3.79. The monoisotopic (exact) mass is 849 g/mol. The molecule has 9 nitrogen and oxygen atoms in total. The van der Waals surface area contributed by atoms with Gasteiger partial charge in [0.2, 0.25) is 11.8 Å². The number of benzene rings is 3. The maximum absolute atomic E-state index is 14.5. The largest absolute Gasteiger partial charge is 0.485 e. The predicted molar refractivity (Wildman–Crippen MR) is 248 cm³/mol. The van der Waals surface area contributed by atoms with Crippen LogP contribution in [0.5, 0.6) is 11.5 Å². The number of nitrogens with one attached hydrogen (secondary N) is 1. The number of ether oxygens (including phenoxy) is 3. The van der Waals surface area contributed by atoms with Crippen molar-refractivity contribution >= 4 is 49.7 Å². The summed E-state index contributed by atoms with van der Waals surface area (Å²) in [5.41, 5.74) is 1.74. The van der Waals surface area contributed by atoms with Crippen LogP contribution in [0.3, 0.4) is 0 Å². The highest BCUT2D eigenvalue weighted by atomic mass is 28.4. The number of aliphatic imine (C=N–C) groups is 1. The van der Waals surface area contributed by atoms with Crippen LogP contribution in [0.2, 0.25) is 23.2 Å². The molecule has 1 N–H and O–H groups in total. The molecule has 0 aliphatic carbocycles. The van der Waals surface area contributed by atoms with E-state index in [-0.39, 0.29) is 22.1 Å². The van der Waals surface area contributed by atoms with Crippen LogP contribution in [0.4, 0.5) is 0 Å². The van der Waals surface area contributed by atoms with Crippen molar-refractivity contribution in [1.29, 1.82) is 0 Å². The first-order valence-corrected chi connectivity index (χ1v) is 26.5. The number of aromatic amines is 1. The fraction of sp³-hybridized carbons (Fsp3) is 0.510. The molecule has 322 valence electrons. The molecular weight excluding hydrogens is 783 g/mol. The van der Waals surface area contributed by atoms with E-state index in [2.05, 4.69) is 153 Å². The molecule has 0 spiro atoms. The summed E-state index contributed by atoms with van der Waals surface area (Å²) in [6.45, 7) is 26.0. The van der Waals surface area contributed by atoms with Gasteiger partial charge in [0, 0.05) is 24.5 Å². The number of hydrogen-bond donors (Lipinski definition) is 1. The lowest BCUT2D eigenvalue weighted by atomic mass is 9.87. The molecule has 7 rings (SSSR count). The van der Waals surface area contributed by atoms with Gasteiger partial charge in [-0.3, -0.25) is 4.79 Å². The molecule has 60 heavy (non-hydrogen) atoms. The fourth-order valence-corrected chi connectivity index (χ4v) is 15.2. The summed E-state index contributed by atoms with van der Waals surface area (Å²) in [6, 6.07) is 24.9. The van der Waals surface area contributed by atoms with Crippen molar-refractivity contribution in [3.63, 3.8) is 0 Å². The number of aromatic nitrogens is 1. The molecular formula is C49H67N3O6Si2. The zero-order chi connectivity index (χ0) is 43.3. The molecule has 0 bridgehead atoms. The van der Waals surface area contributed by atoms with Crippen molar-refractivity contribution in [2.45, 2.75) is 134 Å². The third-order valence-electron chi connectivity index (χ3n) is 13.7. The molecule has 3 aromatic carbocycles. The van der Waals surface area contributed by atoms with Crippen molar-refractivity contribution < 1.29 is 27.9 Å². The van der Waals surface area contributed by atoms with Gasteiger partial charge in [-0.05, 0) is 91.3 Å². The van der Waals surface area contributed by atoms with Crippen LogP contribution in [0.15, 0.2) is 95.6 Å². The molecule has 3 aliphatic heterocycles. The summed E-state index contributed by atoms with van der Waals surface area (Å²) >= 11 is 0. The Balaban J connectivity index is 1.11. The van der Waals surface area contributed by atoms with Crippen LogP contribution in [0.25, 0.3) is 10.9 Å². The summed E-state index contributed by atoms with van der Waals surface area (Å²) in [4.78, 5) is 25.1. The molecule has 0 saturated carbocycles. The minimum absolute atomic E-state index is 0.0407. The second-order valence-corrected chi connectivity index (χ2v) is 29.3. The number of fused-ring (bicyclic) bond motifs is 4. The molecule has 1 aromatic heterocycles. The zero-order valence-corrected chi connectivity index (χ0v) is 40.0.